The van der Waals surface area contributed by atoms with E-state index in [0.29, 0.717) is 17.9 Å². The number of hydrogen-bond acceptors (Lipinski definition) is 4. The van der Waals surface area contributed by atoms with Crippen LogP contribution in [-0.2, 0) is 0 Å². The molecule has 2 aromatic rings. The molecule has 1 atom stereocenters. The van der Waals surface area contributed by atoms with E-state index in [1.807, 2.05) is 44.4 Å². The number of amides is 1. The van der Waals surface area contributed by atoms with Gasteiger partial charge >= 0.3 is 0 Å². The Hall–Kier alpha value is -1.92. The molecular formula is C16H19BrN4O. The summed E-state index contributed by atoms with van der Waals surface area (Å²) in [5.74, 6) is 0.429. The van der Waals surface area contributed by atoms with Crippen molar-refractivity contribution in [3.63, 3.8) is 0 Å². The summed E-state index contributed by atoms with van der Waals surface area (Å²) in [4.78, 5) is 18.5. The summed E-state index contributed by atoms with van der Waals surface area (Å²) in [5.41, 5.74) is 7.60. The smallest absolute Gasteiger partial charge is 0.255 e. The second kappa shape index (κ2) is 7.38. The van der Waals surface area contributed by atoms with Gasteiger partial charge in [0.25, 0.3) is 5.91 Å². The number of carbonyl (C=O) groups is 1. The molecule has 0 aliphatic carbocycles. The van der Waals surface area contributed by atoms with Crippen LogP contribution in [0.5, 0.6) is 0 Å². The van der Waals surface area contributed by atoms with Crippen LogP contribution in [0.1, 0.15) is 22.0 Å². The molecule has 0 spiro atoms. The number of carbonyl (C=O) groups excluding carboxylic acids is 1. The van der Waals surface area contributed by atoms with Crippen molar-refractivity contribution in [1.82, 2.24) is 10.3 Å². The van der Waals surface area contributed by atoms with Crippen LogP contribution in [0.25, 0.3) is 0 Å². The van der Waals surface area contributed by atoms with Gasteiger partial charge in [-0.2, -0.15) is 0 Å². The molecule has 3 N–H and O–H groups in total. The summed E-state index contributed by atoms with van der Waals surface area (Å²) < 4.78 is 0.760. The Morgan fingerprint density at radius 2 is 2.05 bits per heavy atom. The summed E-state index contributed by atoms with van der Waals surface area (Å²) in [6.07, 6.45) is 1.67. The number of anilines is 1. The van der Waals surface area contributed by atoms with Crippen LogP contribution in [-0.4, -0.2) is 31.5 Å². The molecule has 0 aliphatic rings. The number of halogens is 1. The Kier molecular flexibility index (Phi) is 5.51. The van der Waals surface area contributed by atoms with Crippen LogP contribution in [0, 0.1) is 0 Å². The number of aromatic nitrogens is 1. The number of nitrogens with two attached hydrogens (primary N) is 1. The van der Waals surface area contributed by atoms with Gasteiger partial charge in [-0.1, -0.05) is 30.3 Å². The van der Waals surface area contributed by atoms with E-state index in [1.54, 1.807) is 17.2 Å². The van der Waals surface area contributed by atoms with E-state index < -0.39 is 0 Å². The molecular weight excluding hydrogens is 344 g/mol. The standard InChI is InChI=1S/C16H19BrN4O/c1-21(2)15-13(8-12(17)9-19-15)16(22)20-10-14(18)11-6-4-3-5-7-11/h3-9,14H,10,18H2,1-2H3,(H,20,22). The lowest BCUT2D eigenvalue weighted by molar-refractivity contribution is 0.0951. The average Bonchev–Trinajstić information content (AvgIpc) is 2.52. The Morgan fingerprint density at radius 1 is 1.36 bits per heavy atom. The zero-order valence-corrected chi connectivity index (χ0v) is 14.2. The fourth-order valence-electron chi connectivity index (χ4n) is 2.07. The quantitative estimate of drug-likeness (QED) is 0.856. The number of benzene rings is 1. The molecule has 1 unspecified atom stereocenters. The second-order valence-corrected chi connectivity index (χ2v) is 6.06. The molecule has 22 heavy (non-hydrogen) atoms. The third kappa shape index (κ3) is 4.05. The maximum Gasteiger partial charge on any atom is 0.255 e. The molecule has 1 aromatic carbocycles. The number of nitrogens with one attached hydrogen (secondary N) is 1. The van der Waals surface area contributed by atoms with Crippen molar-refractivity contribution in [2.24, 2.45) is 5.73 Å². The first kappa shape index (κ1) is 16.5. The first-order valence-corrected chi connectivity index (χ1v) is 7.70. The normalized spacial score (nSPS) is 11.8. The van der Waals surface area contributed by atoms with Gasteiger partial charge < -0.3 is 16.0 Å². The molecule has 1 aromatic heterocycles. The van der Waals surface area contributed by atoms with Gasteiger partial charge in [0.05, 0.1) is 5.56 Å². The molecule has 0 fully saturated rings. The molecule has 0 bridgehead atoms. The van der Waals surface area contributed by atoms with Crippen molar-refractivity contribution < 1.29 is 4.79 Å². The van der Waals surface area contributed by atoms with Crippen molar-refractivity contribution in [2.45, 2.75) is 6.04 Å². The second-order valence-electron chi connectivity index (χ2n) is 5.15. The number of pyridine rings is 1. The van der Waals surface area contributed by atoms with Crippen LogP contribution < -0.4 is 16.0 Å². The highest BCUT2D eigenvalue weighted by Gasteiger charge is 2.16. The third-order valence-corrected chi connectivity index (χ3v) is 3.65. The molecule has 1 heterocycles. The minimum atomic E-state index is -0.243. The summed E-state index contributed by atoms with van der Waals surface area (Å²) in [5, 5.41) is 2.87. The van der Waals surface area contributed by atoms with Crippen LogP contribution in [0.2, 0.25) is 0 Å². The summed E-state index contributed by atoms with van der Waals surface area (Å²) in [6.45, 7) is 0.363. The Bertz CT molecular complexity index is 646. The SMILES string of the molecule is CN(C)c1ncc(Br)cc1C(=O)NCC(N)c1ccccc1. The first-order valence-electron chi connectivity index (χ1n) is 6.90. The maximum absolute atomic E-state index is 12.4. The molecule has 2 rings (SSSR count). The lowest BCUT2D eigenvalue weighted by atomic mass is 10.1. The minimum Gasteiger partial charge on any atom is -0.362 e. The number of hydrogen-bond donors (Lipinski definition) is 2. The van der Waals surface area contributed by atoms with E-state index in [2.05, 4.69) is 26.2 Å². The predicted molar refractivity (Wildman–Crippen MR) is 92.0 cm³/mol. The molecule has 1 amide bonds. The highest BCUT2D eigenvalue weighted by Crippen LogP contribution is 2.20. The van der Waals surface area contributed by atoms with Gasteiger partial charge in [0, 0.05) is 37.4 Å². The van der Waals surface area contributed by atoms with Crippen molar-refractivity contribution in [2.75, 3.05) is 25.5 Å². The highest BCUT2D eigenvalue weighted by atomic mass is 79.9. The van der Waals surface area contributed by atoms with Gasteiger partial charge in [-0.3, -0.25) is 4.79 Å². The lowest BCUT2D eigenvalue weighted by Gasteiger charge is -2.17. The van der Waals surface area contributed by atoms with Gasteiger partial charge in [0.2, 0.25) is 0 Å². The van der Waals surface area contributed by atoms with E-state index in [1.165, 1.54) is 0 Å². The van der Waals surface area contributed by atoms with Crippen molar-refractivity contribution in [3.05, 3.63) is 58.2 Å². The van der Waals surface area contributed by atoms with E-state index in [9.17, 15) is 4.79 Å². The van der Waals surface area contributed by atoms with Crippen molar-refractivity contribution >= 4 is 27.7 Å². The monoisotopic (exact) mass is 362 g/mol. The minimum absolute atomic E-state index is 0.191. The molecule has 116 valence electrons. The number of nitrogens with zero attached hydrogens (tertiary/aromatic N) is 2. The van der Waals surface area contributed by atoms with E-state index in [4.69, 9.17) is 5.73 Å². The summed E-state index contributed by atoms with van der Waals surface area (Å²) >= 11 is 3.34. The molecule has 5 nitrogen and oxygen atoms in total. The van der Waals surface area contributed by atoms with E-state index >= 15 is 0 Å². The fourth-order valence-corrected chi connectivity index (χ4v) is 2.40. The van der Waals surface area contributed by atoms with Crippen LogP contribution in [0.15, 0.2) is 47.1 Å². The fraction of sp³-hybridized carbons (Fsp3) is 0.250. The topological polar surface area (TPSA) is 71.2 Å². The summed E-state index contributed by atoms with van der Waals surface area (Å²) in [7, 11) is 3.70. The van der Waals surface area contributed by atoms with Crippen LogP contribution in [0.3, 0.4) is 0 Å². The maximum atomic E-state index is 12.4. The van der Waals surface area contributed by atoms with E-state index in [-0.39, 0.29) is 11.9 Å². The number of rotatable bonds is 5. The predicted octanol–water partition coefficient (Wildman–Crippen LogP) is 2.34. The van der Waals surface area contributed by atoms with Crippen LogP contribution >= 0.6 is 15.9 Å². The Labute approximate surface area is 138 Å². The van der Waals surface area contributed by atoms with Gasteiger partial charge in [0.1, 0.15) is 5.82 Å². The van der Waals surface area contributed by atoms with Gasteiger partial charge in [-0.15, -0.1) is 0 Å². The average molecular weight is 363 g/mol. The largest absolute Gasteiger partial charge is 0.362 e. The highest BCUT2D eigenvalue weighted by molar-refractivity contribution is 9.10. The van der Waals surface area contributed by atoms with Gasteiger partial charge in [0.15, 0.2) is 0 Å². The lowest BCUT2D eigenvalue weighted by Crippen LogP contribution is -2.33. The van der Waals surface area contributed by atoms with E-state index in [0.717, 1.165) is 10.0 Å². The van der Waals surface area contributed by atoms with Gasteiger partial charge in [-0.05, 0) is 27.6 Å². The third-order valence-electron chi connectivity index (χ3n) is 3.21. The zero-order valence-electron chi connectivity index (χ0n) is 12.6. The Balaban J connectivity index is 2.08. The van der Waals surface area contributed by atoms with Crippen molar-refractivity contribution in [3.8, 4) is 0 Å². The van der Waals surface area contributed by atoms with Crippen molar-refractivity contribution in [1.29, 1.82) is 0 Å². The van der Waals surface area contributed by atoms with Gasteiger partial charge in [-0.25, -0.2) is 4.98 Å². The molecule has 6 heteroatoms. The molecule has 0 radical (unpaired) electrons. The summed E-state index contributed by atoms with van der Waals surface area (Å²) in [6, 6.07) is 11.2. The molecule has 0 saturated heterocycles. The Morgan fingerprint density at radius 3 is 2.68 bits per heavy atom. The molecule has 0 saturated carbocycles. The first-order chi connectivity index (χ1) is 10.5. The molecule has 0 aliphatic heterocycles. The van der Waals surface area contributed by atoms with Crippen LogP contribution in [0.4, 0.5) is 5.82 Å². The zero-order chi connectivity index (χ0) is 16.1.